The minimum absolute atomic E-state index is 0.210. The van der Waals surface area contributed by atoms with Gasteiger partial charge in [0.25, 0.3) is 0 Å². The van der Waals surface area contributed by atoms with Crippen molar-refractivity contribution in [2.24, 2.45) is 0 Å². The summed E-state index contributed by atoms with van der Waals surface area (Å²) in [6.07, 6.45) is 0.672. The first-order chi connectivity index (χ1) is 8.91. The number of hydrogen-bond donors (Lipinski definition) is 1. The highest BCUT2D eigenvalue weighted by molar-refractivity contribution is 8.01. The van der Waals surface area contributed by atoms with Gasteiger partial charge in [-0.2, -0.15) is 0 Å². The number of likely N-dealkylation sites (N-methyl/N-ethyl adjacent to an activating group) is 1. The number of thioether (sulfide) groups is 1. The molecule has 0 aliphatic rings. The Morgan fingerprint density at radius 2 is 2.26 bits per heavy atom. The van der Waals surface area contributed by atoms with Crippen molar-refractivity contribution < 1.29 is 9.53 Å². The van der Waals surface area contributed by atoms with Crippen LogP contribution in [0.2, 0.25) is 0 Å². The third-order valence-electron chi connectivity index (χ3n) is 2.78. The number of aromatic nitrogens is 2. The molecule has 0 amide bonds. The van der Waals surface area contributed by atoms with Crippen LogP contribution in [0.25, 0.3) is 0 Å². The normalized spacial score (nSPS) is 15.8. The summed E-state index contributed by atoms with van der Waals surface area (Å²) in [6.45, 7) is 8.09. The monoisotopic (exact) mass is 303 g/mol. The van der Waals surface area contributed by atoms with Crippen molar-refractivity contribution >= 4 is 29.1 Å². The van der Waals surface area contributed by atoms with Gasteiger partial charge in [0.15, 0.2) is 4.34 Å². The molecule has 1 aromatic rings. The Bertz CT molecular complexity index is 425. The standard InChI is InChI=1S/C12H21N3O2S2/c1-6-17-10(16)12(4,13-5)7-8(2)18-11-15-14-9(3)19-11/h8,13H,6-7H2,1-5H3. The zero-order valence-corrected chi connectivity index (χ0v) is 13.7. The third kappa shape index (κ3) is 4.74. The lowest BCUT2D eigenvalue weighted by molar-refractivity contribution is -0.150. The molecule has 1 heterocycles. The maximum absolute atomic E-state index is 12.0. The van der Waals surface area contributed by atoms with Crippen LogP contribution < -0.4 is 5.32 Å². The summed E-state index contributed by atoms with van der Waals surface area (Å²) in [5, 5.41) is 12.3. The average Bonchev–Trinajstić information content (AvgIpc) is 2.74. The SMILES string of the molecule is CCOC(=O)C(C)(CC(C)Sc1nnc(C)s1)NC. The van der Waals surface area contributed by atoms with Crippen molar-refractivity contribution in [3.63, 3.8) is 0 Å². The number of nitrogens with zero attached hydrogens (tertiary/aromatic N) is 2. The van der Waals surface area contributed by atoms with Crippen LogP contribution in [0.1, 0.15) is 32.2 Å². The fraction of sp³-hybridized carbons (Fsp3) is 0.750. The summed E-state index contributed by atoms with van der Waals surface area (Å²) in [5.74, 6) is -0.210. The topological polar surface area (TPSA) is 64.1 Å². The average molecular weight is 303 g/mol. The van der Waals surface area contributed by atoms with Crippen LogP contribution in [0.5, 0.6) is 0 Å². The van der Waals surface area contributed by atoms with Gasteiger partial charge in [0.05, 0.1) is 6.61 Å². The predicted octanol–water partition coefficient (Wildman–Crippen LogP) is 2.26. The number of hydrogen-bond acceptors (Lipinski definition) is 7. The number of ether oxygens (including phenoxy) is 1. The van der Waals surface area contributed by atoms with Gasteiger partial charge < -0.3 is 10.1 Å². The number of carbonyl (C=O) groups excluding carboxylic acids is 1. The van der Waals surface area contributed by atoms with Gasteiger partial charge in [0.2, 0.25) is 0 Å². The summed E-state index contributed by atoms with van der Waals surface area (Å²) in [7, 11) is 1.78. The van der Waals surface area contributed by atoms with Gasteiger partial charge in [-0.25, -0.2) is 0 Å². The van der Waals surface area contributed by atoms with E-state index in [1.807, 2.05) is 20.8 Å². The number of aryl methyl sites for hydroxylation is 1. The van der Waals surface area contributed by atoms with Gasteiger partial charge in [-0.15, -0.1) is 10.2 Å². The summed E-state index contributed by atoms with van der Waals surface area (Å²) < 4.78 is 6.05. The molecule has 1 aromatic heterocycles. The minimum Gasteiger partial charge on any atom is -0.465 e. The molecule has 0 radical (unpaired) electrons. The lowest BCUT2D eigenvalue weighted by atomic mass is 9.96. The molecule has 1 N–H and O–H groups in total. The van der Waals surface area contributed by atoms with E-state index in [-0.39, 0.29) is 11.2 Å². The van der Waals surface area contributed by atoms with Crippen LogP contribution in [-0.4, -0.2) is 40.6 Å². The molecule has 0 saturated heterocycles. The molecule has 19 heavy (non-hydrogen) atoms. The zero-order valence-electron chi connectivity index (χ0n) is 12.0. The fourth-order valence-electron chi connectivity index (χ4n) is 1.69. The first kappa shape index (κ1) is 16.4. The molecule has 0 spiro atoms. The molecule has 2 unspecified atom stereocenters. The molecular weight excluding hydrogens is 282 g/mol. The van der Waals surface area contributed by atoms with Crippen molar-refractivity contribution in [2.45, 2.75) is 49.2 Å². The molecule has 0 bridgehead atoms. The molecular formula is C12H21N3O2S2. The zero-order chi connectivity index (χ0) is 14.5. The van der Waals surface area contributed by atoms with Gasteiger partial charge in [-0.05, 0) is 34.2 Å². The number of nitrogens with one attached hydrogen (secondary N) is 1. The van der Waals surface area contributed by atoms with E-state index in [9.17, 15) is 4.79 Å². The molecule has 7 heteroatoms. The fourth-order valence-corrected chi connectivity index (χ4v) is 4.00. The maximum atomic E-state index is 12.0. The molecule has 0 aromatic carbocycles. The highest BCUT2D eigenvalue weighted by atomic mass is 32.2. The Morgan fingerprint density at radius 3 is 2.74 bits per heavy atom. The number of esters is 1. The molecule has 108 valence electrons. The van der Waals surface area contributed by atoms with Crippen LogP contribution in [0, 0.1) is 6.92 Å². The van der Waals surface area contributed by atoms with E-state index in [2.05, 4.69) is 22.4 Å². The van der Waals surface area contributed by atoms with E-state index in [4.69, 9.17) is 4.74 Å². The summed E-state index contributed by atoms with van der Waals surface area (Å²) >= 11 is 3.21. The van der Waals surface area contributed by atoms with Gasteiger partial charge in [-0.1, -0.05) is 30.0 Å². The molecule has 1 rings (SSSR count). The molecule has 0 aliphatic heterocycles. The van der Waals surface area contributed by atoms with Crippen LogP contribution >= 0.6 is 23.1 Å². The Hall–Kier alpha value is -0.660. The van der Waals surface area contributed by atoms with Crippen LogP contribution in [0.4, 0.5) is 0 Å². The number of rotatable bonds is 7. The van der Waals surface area contributed by atoms with Crippen molar-refractivity contribution in [3.8, 4) is 0 Å². The lowest BCUT2D eigenvalue weighted by Gasteiger charge is -2.28. The predicted molar refractivity (Wildman–Crippen MR) is 78.7 cm³/mol. The first-order valence-electron chi connectivity index (χ1n) is 6.24. The third-order valence-corrected chi connectivity index (χ3v) is 4.81. The van der Waals surface area contributed by atoms with E-state index in [0.717, 1.165) is 9.35 Å². The van der Waals surface area contributed by atoms with Gasteiger partial charge in [-0.3, -0.25) is 4.79 Å². The van der Waals surface area contributed by atoms with E-state index in [1.165, 1.54) is 0 Å². The van der Waals surface area contributed by atoms with E-state index >= 15 is 0 Å². The largest absolute Gasteiger partial charge is 0.465 e. The number of carbonyl (C=O) groups is 1. The van der Waals surface area contributed by atoms with Crippen molar-refractivity contribution in [3.05, 3.63) is 5.01 Å². The van der Waals surface area contributed by atoms with Crippen LogP contribution in [0.3, 0.4) is 0 Å². The van der Waals surface area contributed by atoms with Crippen molar-refractivity contribution in [1.82, 2.24) is 15.5 Å². The second kappa shape index (κ2) is 7.21. The van der Waals surface area contributed by atoms with Crippen LogP contribution in [0.15, 0.2) is 4.34 Å². The Kier molecular flexibility index (Phi) is 6.22. The molecule has 0 saturated carbocycles. The second-order valence-corrected chi connectivity index (χ2v) is 7.39. The summed E-state index contributed by atoms with van der Waals surface area (Å²) in [4.78, 5) is 12.0. The molecule has 0 fully saturated rings. The Morgan fingerprint density at radius 1 is 1.58 bits per heavy atom. The maximum Gasteiger partial charge on any atom is 0.326 e. The van der Waals surface area contributed by atoms with Crippen LogP contribution in [-0.2, 0) is 9.53 Å². The summed E-state index contributed by atoms with van der Waals surface area (Å²) in [6, 6.07) is 0. The van der Waals surface area contributed by atoms with E-state index in [1.54, 1.807) is 30.1 Å². The summed E-state index contributed by atoms with van der Waals surface area (Å²) in [5.41, 5.74) is -0.665. The Balaban J connectivity index is 2.62. The highest BCUT2D eigenvalue weighted by Crippen LogP contribution is 2.30. The van der Waals surface area contributed by atoms with Gasteiger partial charge in [0, 0.05) is 5.25 Å². The minimum atomic E-state index is -0.665. The lowest BCUT2D eigenvalue weighted by Crippen LogP contribution is -2.50. The first-order valence-corrected chi connectivity index (χ1v) is 7.93. The molecule has 0 aliphatic carbocycles. The van der Waals surface area contributed by atoms with Gasteiger partial charge >= 0.3 is 5.97 Å². The smallest absolute Gasteiger partial charge is 0.326 e. The molecule has 5 nitrogen and oxygen atoms in total. The van der Waals surface area contributed by atoms with E-state index in [0.29, 0.717) is 13.0 Å². The second-order valence-electron chi connectivity index (χ2n) is 4.52. The van der Waals surface area contributed by atoms with Crippen molar-refractivity contribution in [2.75, 3.05) is 13.7 Å². The van der Waals surface area contributed by atoms with E-state index < -0.39 is 5.54 Å². The van der Waals surface area contributed by atoms with Crippen molar-refractivity contribution in [1.29, 1.82) is 0 Å². The molecule has 2 atom stereocenters. The Labute approximate surface area is 122 Å². The quantitative estimate of drug-likeness (QED) is 0.616. The highest BCUT2D eigenvalue weighted by Gasteiger charge is 2.35. The van der Waals surface area contributed by atoms with Gasteiger partial charge in [0.1, 0.15) is 10.5 Å².